The predicted molar refractivity (Wildman–Crippen MR) is 132 cm³/mol. The van der Waals surface area contributed by atoms with E-state index in [0.29, 0.717) is 18.7 Å². The van der Waals surface area contributed by atoms with Crippen LogP contribution in [0.3, 0.4) is 0 Å². The van der Waals surface area contributed by atoms with Crippen LogP contribution in [0.4, 0.5) is 22.7 Å². The number of rotatable bonds is 12. The first-order chi connectivity index (χ1) is 17.5. The molecule has 2 aromatic rings. The van der Waals surface area contributed by atoms with Crippen LogP contribution in [0.1, 0.15) is 19.4 Å². The summed E-state index contributed by atoms with van der Waals surface area (Å²) in [6.07, 6.45) is 0.459. The number of ketones is 1. The Hall–Kier alpha value is -5.08. The fourth-order valence-electron chi connectivity index (χ4n) is 3.16. The van der Waals surface area contributed by atoms with Gasteiger partial charge in [0.05, 0.1) is 29.8 Å². The summed E-state index contributed by atoms with van der Waals surface area (Å²) in [6, 6.07) is 6.90. The number of anilines is 2. The van der Waals surface area contributed by atoms with Crippen molar-refractivity contribution in [2.75, 3.05) is 31.5 Å². The summed E-state index contributed by atoms with van der Waals surface area (Å²) in [7, 11) is 2.45. The zero-order chi connectivity index (χ0) is 27.7. The highest BCUT2D eigenvalue weighted by molar-refractivity contribution is 6.67. The molecule has 0 fully saturated rings. The Labute approximate surface area is 210 Å². The third-order valence-electron chi connectivity index (χ3n) is 4.83. The van der Waals surface area contributed by atoms with Gasteiger partial charge in [0, 0.05) is 26.5 Å². The lowest BCUT2D eigenvalue weighted by molar-refractivity contribution is -0.423. The van der Waals surface area contributed by atoms with E-state index in [-0.39, 0.29) is 17.3 Å². The van der Waals surface area contributed by atoms with Gasteiger partial charge in [0.2, 0.25) is 11.7 Å². The number of carbonyl (C=O) groups is 3. The standard InChI is InChI=1S/C22H24N6O9/c1-12(29)19(26-25-15-6-7-17(27(32)33)20(28(34)35)21(15)37-4)22(31)24-16-11-14(5-8-18(16)36-3)9-10-23-13(2)30/h5-8,11,25H,9-10H2,1-4H3,(H,23,30)(H,24,31). The second kappa shape index (κ2) is 12.6. The van der Waals surface area contributed by atoms with Crippen LogP contribution in [0.25, 0.3) is 0 Å². The number of hydrogen-bond acceptors (Lipinski definition) is 11. The number of amides is 2. The Morgan fingerprint density at radius 2 is 1.68 bits per heavy atom. The summed E-state index contributed by atoms with van der Waals surface area (Å²) in [4.78, 5) is 56.8. The molecule has 2 aromatic carbocycles. The van der Waals surface area contributed by atoms with E-state index < -0.39 is 44.4 Å². The van der Waals surface area contributed by atoms with E-state index in [1.165, 1.54) is 14.0 Å². The molecule has 0 aliphatic heterocycles. The van der Waals surface area contributed by atoms with Gasteiger partial charge in [-0.2, -0.15) is 5.10 Å². The molecular weight excluding hydrogens is 492 g/mol. The van der Waals surface area contributed by atoms with Crippen molar-refractivity contribution >= 4 is 46.1 Å². The van der Waals surface area contributed by atoms with Crippen LogP contribution >= 0.6 is 0 Å². The number of benzene rings is 2. The van der Waals surface area contributed by atoms with Crippen molar-refractivity contribution in [1.29, 1.82) is 0 Å². The highest BCUT2D eigenvalue weighted by Crippen LogP contribution is 2.42. The smallest absolute Gasteiger partial charge is 0.389 e. The molecule has 37 heavy (non-hydrogen) atoms. The van der Waals surface area contributed by atoms with Gasteiger partial charge in [-0.05, 0) is 30.2 Å². The van der Waals surface area contributed by atoms with Crippen LogP contribution in [-0.2, 0) is 20.8 Å². The first-order valence-corrected chi connectivity index (χ1v) is 10.6. The topological polar surface area (TPSA) is 204 Å². The Morgan fingerprint density at radius 1 is 0.973 bits per heavy atom. The second-order valence-electron chi connectivity index (χ2n) is 7.38. The quantitative estimate of drug-likeness (QED) is 0.162. The molecule has 3 N–H and O–H groups in total. The fraction of sp³-hybridized carbons (Fsp3) is 0.273. The third-order valence-corrected chi connectivity index (χ3v) is 4.83. The minimum absolute atomic E-state index is 0.188. The second-order valence-corrected chi connectivity index (χ2v) is 7.38. The van der Waals surface area contributed by atoms with Crippen LogP contribution in [0.15, 0.2) is 35.4 Å². The normalized spacial score (nSPS) is 10.8. The molecule has 0 unspecified atom stereocenters. The van der Waals surface area contributed by atoms with Crippen LogP contribution in [-0.4, -0.2) is 53.9 Å². The van der Waals surface area contributed by atoms with Gasteiger partial charge in [-0.3, -0.25) is 40.0 Å². The highest BCUT2D eigenvalue weighted by Gasteiger charge is 2.32. The molecule has 0 atom stereocenters. The van der Waals surface area contributed by atoms with E-state index in [4.69, 9.17) is 9.47 Å². The lowest BCUT2D eigenvalue weighted by Gasteiger charge is -2.13. The first-order valence-electron chi connectivity index (χ1n) is 10.6. The molecule has 0 radical (unpaired) electrons. The fourth-order valence-corrected chi connectivity index (χ4v) is 3.16. The highest BCUT2D eigenvalue weighted by atomic mass is 16.6. The van der Waals surface area contributed by atoms with E-state index in [2.05, 4.69) is 21.2 Å². The van der Waals surface area contributed by atoms with Crippen molar-refractivity contribution < 1.29 is 33.7 Å². The monoisotopic (exact) mass is 516 g/mol. The molecule has 0 spiro atoms. The van der Waals surface area contributed by atoms with Gasteiger partial charge in [0.1, 0.15) is 11.4 Å². The molecule has 0 saturated heterocycles. The van der Waals surface area contributed by atoms with Crippen molar-refractivity contribution in [3.05, 3.63) is 56.1 Å². The lowest BCUT2D eigenvalue weighted by Crippen LogP contribution is -2.29. The maximum absolute atomic E-state index is 12.9. The zero-order valence-corrected chi connectivity index (χ0v) is 20.3. The number of Topliss-reactive ketones (excluding diaryl/α,β-unsaturated/α-hetero) is 1. The number of nitro groups is 2. The van der Waals surface area contributed by atoms with Crippen LogP contribution in [0.2, 0.25) is 0 Å². The SMILES string of the molecule is COc1ccc(CCNC(C)=O)cc1NC(=O)C(=NNc1ccc([N+](=O)[O-])c([N+](=O)[O-])c1OC)C(C)=O. The molecule has 0 heterocycles. The van der Waals surface area contributed by atoms with Crippen molar-refractivity contribution in [2.24, 2.45) is 5.10 Å². The van der Waals surface area contributed by atoms with Gasteiger partial charge in [-0.25, -0.2) is 0 Å². The van der Waals surface area contributed by atoms with E-state index in [9.17, 15) is 34.6 Å². The number of methoxy groups -OCH3 is 2. The lowest BCUT2D eigenvalue weighted by atomic mass is 10.1. The molecule has 2 amide bonds. The van der Waals surface area contributed by atoms with E-state index >= 15 is 0 Å². The number of hydrazone groups is 1. The molecule has 2 rings (SSSR count). The maximum Gasteiger partial charge on any atom is 0.389 e. The number of nitro benzene ring substituents is 2. The largest absolute Gasteiger partial charge is 0.495 e. The van der Waals surface area contributed by atoms with E-state index in [1.54, 1.807) is 18.2 Å². The Morgan fingerprint density at radius 3 is 2.22 bits per heavy atom. The molecule has 196 valence electrons. The van der Waals surface area contributed by atoms with Crippen molar-refractivity contribution in [1.82, 2.24) is 5.32 Å². The summed E-state index contributed by atoms with van der Waals surface area (Å²) in [5.41, 5.74) is 0.783. The molecular formula is C22H24N6O9. The van der Waals surface area contributed by atoms with Crippen LogP contribution in [0, 0.1) is 20.2 Å². The molecule has 15 nitrogen and oxygen atoms in total. The molecule has 0 aliphatic carbocycles. The van der Waals surface area contributed by atoms with Gasteiger partial charge < -0.3 is 20.1 Å². The van der Waals surface area contributed by atoms with Gasteiger partial charge in [-0.15, -0.1) is 0 Å². The van der Waals surface area contributed by atoms with E-state index in [0.717, 1.165) is 31.7 Å². The van der Waals surface area contributed by atoms with Gasteiger partial charge in [0.25, 0.3) is 5.91 Å². The number of nitrogens with one attached hydrogen (secondary N) is 3. The molecule has 0 bridgehead atoms. The zero-order valence-electron chi connectivity index (χ0n) is 20.3. The van der Waals surface area contributed by atoms with Gasteiger partial charge in [0.15, 0.2) is 11.5 Å². The average Bonchev–Trinajstić information content (AvgIpc) is 2.83. The van der Waals surface area contributed by atoms with Crippen LogP contribution in [0.5, 0.6) is 11.5 Å². The van der Waals surface area contributed by atoms with Gasteiger partial charge in [-0.1, -0.05) is 6.07 Å². The molecule has 0 aromatic heterocycles. The first kappa shape index (κ1) is 28.2. The van der Waals surface area contributed by atoms with Crippen molar-refractivity contribution in [3.63, 3.8) is 0 Å². The Balaban J connectivity index is 2.36. The summed E-state index contributed by atoms with van der Waals surface area (Å²) in [5.74, 6) is -2.08. The minimum Gasteiger partial charge on any atom is -0.495 e. The third kappa shape index (κ3) is 7.20. The number of carbonyl (C=O) groups excluding carboxylic acids is 3. The summed E-state index contributed by atoms with van der Waals surface area (Å²) in [6.45, 7) is 2.83. The molecule has 0 saturated carbocycles. The Bertz CT molecular complexity index is 1280. The molecule has 0 aliphatic rings. The summed E-state index contributed by atoms with van der Waals surface area (Å²) in [5, 5.41) is 31.5. The van der Waals surface area contributed by atoms with Crippen molar-refractivity contribution in [2.45, 2.75) is 20.3 Å². The van der Waals surface area contributed by atoms with Gasteiger partial charge >= 0.3 is 11.4 Å². The molecule has 15 heteroatoms. The predicted octanol–water partition coefficient (Wildman–Crippen LogP) is 2.19. The number of ether oxygens (including phenoxy) is 2. The van der Waals surface area contributed by atoms with E-state index in [1.807, 2.05) is 0 Å². The summed E-state index contributed by atoms with van der Waals surface area (Å²) >= 11 is 0. The average molecular weight is 516 g/mol. The Kier molecular flexibility index (Phi) is 9.57. The minimum atomic E-state index is -0.990. The number of hydrogen-bond donors (Lipinski definition) is 3. The summed E-state index contributed by atoms with van der Waals surface area (Å²) < 4.78 is 10.2. The number of nitrogens with zero attached hydrogens (tertiary/aromatic N) is 3. The van der Waals surface area contributed by atoms with Crippen LogP contribution < -0.4 is 25.5 Å². The van der Waals surface area contributed by atoms with Crippen molar-refractivity contribution in [3.8, 4) is 11.5 Å². The maximum atomic E-state index is 12.9.